The van der Waals surface area contributed by atoms with Gasteiger partial charge >= 0.3 is 0 Å². The fourth-order valence-electron chi connectivity index (χ4n) is 2.59. The number of hydrogen-bond donors (Lipinski definition) is 1. The van der Waals surface area contributed by atoms with E-state index < -0.39 is 0 Å². The molecule has 0 atom stereocenters. The highest BCUT2D eigenvalue weighted by atomic mass is 16.5. The molecule has 0 unspecified atom stereocenters. The summed E-state index contributed by atoms with van der Waals surface area (Å²) in [5, 5.41) is 2.37. The molecule has 0 spiro atoms. The number of nitrogens with zero attached hydrogens (tertiary/aromatic N) is 3. The number of piperazine rings is 1. The zero-order valence-corrected chi connectivity index (χ0v) is 11.9. The van der Waals surface area contributed by atoms with Crippen LogP contribution in [-0.4, -0.2) is 86.4 Å². The maximum absolute atomic E-state index is 5.35. The van der Waals surface area contributed by atoms with Gasteiger partial charge < -0.3 is 4.74 Å². The van der Waals surface area contributed by atoms with Gasteiger partial charge in [-0.2, -0.15) is 0 Å². The van der Waals surface area contributed by atoms with Gasteiger partial charge in [-0.3, -0.25) is 15.2 Å². The van der Waals surface area contributed by atoms with Crippen LogP contribution in [0, 0.1) is 0 Å². The van der Waals surface area contributed by atoms with Gasteiger partial charge in [-0.25, -0.2) is 5.01 Å². The predicted octanol–water partition coefficient (Wildman–Crippen LogP) is -0.151. The summed E-state index contributed by atoms with van der Waals surface area (Å²) < 4.78 is 5.35. The molecular formula is C13H28N4O. The van der Waals surface area contributed by atoms with Crippen molar-refractivity contribution >= 4 is 0 Å². The summed E-state index contributed by atoms with van der Waals surface area (Å²) in [5.41, 5.74) is 3.55. The lowest BCUT2D eigenvalue weighted by molar-refractivity contribution is 0.0304. The molecule has 2 aliphatic heterocycles. The minimum atomic E-state index is 0.681. The molecule has 2 rings (SSSR count). The van der Waals surface area contributed by atoms with Crippen LogP contribution in [0.1, 0.15) is 13.8 Å². The number of hydrazine groups is 1. The van der Waals surface area contributed by atoms with Gasteiger partial charge in [-0.15, -0.1) is 0 Å². The predicted molar refractivity (Wildman–Crippen MR) is 73.5 cm³/mol. The molecule has 1 N–H and O–H groups in total. The second-order valence-electron chi connectivity index (χ2n) is 5.48. The van der Waals surface area contributed by atoms with Crippen LogP contribution in [0.5, 0.6) is 0 Å². The number of ether oxygens (including phenoxy) is 1. The van der Waals surface area contributed by atoms with Crippen molar-refractivity contribution in [3.63, 3.8) is 0 Å². The monoisotopic (exact) mass is 256 g/mol. The van der Waals surface area contributed by atoms with Crippen LogP contribution in [0.3, 0.4) is 0 Å². The van der Waals surface area contributed by atoms with E-state index in [1.165, 1.54) is 13.1 Å². The van der Waals surface area contributed by atoms with Crippen molar-refractivity contribution in [3.8, 4) is 0 Å². The van der Waals surface area contributed by atoms with Crippen LogP contribution in [0.2, 0.25) is 0 Å². The fourth-order valence-corrected chi connectivity index (χ4v) is 2.59. The van der Waals surface area contributed by atoms with Crippen LogP contribution >= 0.6 is 0 Å². The smallest absolute Gasteiger partial charge is 0.0594 e. The molecule has 0 bridgehead atoms. The molecular weight excluding hydrogens is 228 g/mol. The van der Waals surface area contributed by atoms with E-state index in [2.05, 4.69) is 34.1 Å². The quantitative estimate of drug-likeness (QED) is 0.739. The highest BCUT2D eigenvalue weighted by Gasteiger charge is 2.18. The average Bonchev–Trinajstić information content (AvgIpc) is 2.40. The Hall–Kier alpha value is -0.200. The summed E-state index contributed by atoms with van der Waals surface area (Å²) >= 11 is 0. The molecule has 0 amide bonds. The molecule has 2 saturated heterocycles. The summed E-state index contributed by atoms with van der Waals surface area (Å²) in [6.45, 7) is 15.4. The van der Waals surface area contributed by atoms with Crippen molar-refractivity contribution < 1.29 is 4.74 Å². The summed E-state index contributed by atoms with van der Waals surface area (Å²) in [6, 6.07) is 0.681. The Morgan fingerprint density at radius 3 is 2.28 bits per heavy atom. The molecule has 0 aromatic heterocycles. The Morgan fingerprint density at radius 1 is 1.00 bits per heavy atom. The van der Waals surface area contributed by atoms with Crippen LogP contribution in [0.15, 0.2) is 0 Å². The standard InChI is InChI=1S/C13H28N4O/c1-13(2)16-5-7-17(8-6-16)14-3-4-15-9-11-18-12-10-15/h13-14H,3-12H2,1-2H3. The lowest BCUT2D eigenvalue weighted by Gasteiger charge is -2.37. The third-order valence-electron chi connectivity index (χ3n) is 3.91. The zero-order chi connectivity index (χ0) is 12.8. The van der Waals surface area contributed by atoms with Crippen molar-refractivity contribution in [2.24, 2.45) is 0 Å². The van der Waals surface area contributed by atoms with Gasteiger partial charge in [0.05, 0.1) is 13.2 Å². The first-order valence-electron chi connectivity index (χ1n) is 7.28. The van der Waals surface area contributed by atoms with E-state index in [0.29, 0.717) is 6.04 Å². The Morgan fingerprint density at radius 2 is 1.67 bits per heavy atom. The van der Waals surface area contributed by atoms with Gasteiger partial charge in [-0.05, 0) is 13.8 Å². The summed E-state index contributed by atoms with van der Waals surface area (Å²) in [7, 11) is 0. The second-order valence-corrected chi connectivity index (χ2v) is 5.48. The number of morpholine rings is 1. The van der Waals surface area contributed by atoms with E-state index in [1.807, 2.05) is 0 Å². The van der Waals surface area contributed by atoms with E-state index in [4.69, 9.17) is 4.74 Å². The van der Waals surface area contributed by atoms with Crippen molar-refractivity contribution in [1.29, 1.82) is 0 Å². The zero-order valence-electron chi connectivity index (χ0n) is 11.9. The molecule has 5 heteroatoms. The molecule has 2 aliphatic rings. The van der Waals surface area contributed by atoms with Crippen molar-refractivity contribution in [2.75, 3.05) is 65.6 Å². The molecule has 0 aliphatic carbocycles. The van der Waals surface area contributed by atoms with Gasteiger partial charge in [0.2, 0.25) is 0 Å². The van der Waals surface area contributed by atoms with Gasteiger partial charge in [-0.1, -0.05) is 0 Å². The summed E-state index contributed by atoms with van der Waals surface area (Å²) in [5.74, 6) is 0. The minimum Gasteiger partial charge on any atom is -0.379 e. The van der Waals surface area contributed by atoms with E-state index in [-0.39, 0.29) is 0 Å². The van der Waals surface area contributed by atoms with E-state index in [9.17, 15) is 0 Å². The Labute approximate surface area is 111 Å². The maximum atomic E-state index is 5.35. The first-order chi connectivity index (χ1) is 8.75. The highest BCUT2D eigenvalue weighted by Crippen LogP contribution is 2.03. The number of rotatable bonds is 5. The highest BCUT2D eigenvalue weighted by molar-refractivity contribution is 4.72. The van der Waals surface area contributed by atoms with Gasteiger partial charge in [0, 0.05) is 58.4 Å². The van der Waals surface area contributed by atoms with E-state index in [1.54, 1.807) is 0 Å². The molecule has 0 aromatic carbocycles. The third-order valence-corrected chi connectivity index (χ3v) is 3.91. The van der Waals surface area contributed by atoms with Gasteiger partial charge in [0.1, 0.15) is 0 Å². The SMILES string of the molecule is CC(C)N1CCN(NCCN2CCOCC2)CC1. The lowest BCUT2D eigenvalue weighted by atomic mass is 10.2. The molecule has 0 saturated carbocycles. The van der Waals surface area contributed by atoms with E-state index in [0.717, 1.165) is 52.5 Å². The lowest BCUT2D eigenvalue weighted by Crippen LogP contribution is -2.54. The normalized spacial score (nSPS) is 24.8. The minimum absolute atomic E-state index is 0.681. The molecule has 2 heterocycles. The molecule has 106 valence electrons. The van der Waals surface area contributed by atoms with E-state index >= 15 is 0 Å². The van der Waals surface area contributed by atoms with Gasteiger partial charge in [0.15, 0.2) is 0 Å². The number of hydrogen-bond acceptors (Lipinski definition) is 5. The Balaban J connectivity index is 1.55. The topological polar surface area (TPSA) is 31.0 Å². The number of nitrogens with one attached hydrogen (secondary N) is 1. The van der Waals surface area contributed by atoms with Crippen molar-refractivity contribution in [3.05, 3.63) is 0 Å². The summed E-state index contributed by atoms with van der Waals surface area (Å²) in [6.07, 6.45) is 0. The molecule has 2 fully saturated rings. The van der Waals surface area contributed by atoms with Crippen molar-refractivity contribution in [1.82, 2.24) is 20.2 Å². The largest absolute Gasteiger partial charge is 0.379 e. The molecule has 0 radical (unpaired) electrons. The Kier molecular flexibility index (Phi) is 5.85. The van der Waals surface area contributed by atoms with Crippen LogP contribution in [0.4, 0.5) is 0 Å². The molecule has 18 heavy (non-hydrogen) atoms. The summed E-state index contributed by atoms with van der Waals surface area (Å²) in [4.78, 5) is 5.01. The van der Waals surface area contributed by atoms with Gasteiger partial charge in [0.25, 0.3) is 0 Å². The van der Waals surface area contributed by atoms with Crippen molar-refractivity contribution in [2.45, 2.75) is 19.9 Å². The maximum Gasteiger partial charge on any atom is 0.0594 e. The Bertz CT molecular complexity index is 223. The fraction of sp³-hybridized carbons (Fsp3) is 1.00. The average molecular weight is 256 g/mol. The molecule has 0 aromatic rings. The second kappa shape index (κ2) is 7.40. The van der Waals surface area contributed by atoms with Crippen LogP contribution < -0.4 is 5.43 Å². The third kappa shape index (κ3) is 4.48. The van der Waals surface area contributed by atoms with Crippen LogP contribution in [-0.2, 0) is 4.74 Å². The first kappa shape index (κ1) is 14.2. The molecule has 5 nitrogen and oxygen atoms in total. The first-order valence-corrected chi connectivity index (χ1v) is 7.28. The van der Waals surface area contributed by atoms with Crippen LogP contribution in [0.25, 0.3) is 0 Å².